The highest BCUT2D eigenvalue weighted by molar-refractivity contribution is 5.77. The van der Waals surface area contributed by atoms with Gasteiger partial charge < -0.3 is 20.6 Å². The van der Waals surface area contributed by atoms with Gasteiger partial charge in [-0.1, -0.05) is 5.92 Å². The van der Waals surface area contributed by atoms with Crippen LogP contribution in [0.3, 0.4) is 0 Å². The van der Waals surface area contributed by atoms with E-state index >= 15 is 0 Å². The fourth-order valence-electron chi connectivity index (χ4n) is 2.88. The van der Waals surface area contributed by atoms with Crippen LogP contribution in [0.4, 0.5) is 11.9 Å². The van der Waals surface area contributed by atoms with Gasteiger partial charge in [-0.15, -0.1) is 5.92 Å². The number of imidazole rings is 1. The minimum atomic E-state index is -1.04. The Bertz CT molecular complexity index is 945. The van der Waals surface area contributed by atoms with Crippen LogP contribution in [0.25, 0.3) is 11.2 Å². The summed E-state index contributed by atoms with van der Waals surface area (Å²) in [5.74, 6) is 5.62. The first-order chi connectivity index (χ1) is 12.5. The highest BCUT2D eigenvalue weighted by Gasteiger charge is 2.22. The minimum Gasteiger partial charge on any atom is -0.480 e. The predicted octanol–water partition coefficient (Wildman–Crippen LogP) is -0.941. The number of piperazine rings is 1. The highest BCUT2D eigenvalue weighted by Crippen LogP contribution is 2.20. The lowest BCUT2D eigenvalue weighted by Gasteiger charge is -2.28. The zero-order valence-electron chi connectivity index (χ0n) is 14.7. The summed E-state index contributed by atoms with van der Waals surface area (Å²) < 4.78 is 3.08. The third kappa shape index (κ3) is 3.34. The number of anilines is 2. The van der Waals surface area contributed by atoms with Crippen LogP contribution in [0.2, 0.25) is 0 Å². The van der Waals surface area contributed by atoms with Gasteiger partial charge in [0.15, 0.2) is 11.2 Å². The van der Waals surface area contributed by atoms with Crippen molar-refractivity contribution in [1.82, 2.24) is 24.4 Å². The van der Waals surface area contributed by atoms with Gasteiger partial charge in [-0.25, -0.2) is 0 Å². The average Bonchev–Trinajstić information content (AvgIpc) is 3.00. The Balaban J connectivity index is 2.14. The van der Waals surface area contributed by atoms with E-state index in [2.05, 4.69) is 37.3 Å². The molecule has 2 aromatic heterocycles. The monoisotopic (exact) mass is 359 g/mol. The maximum absolute atomic E-state index is 12.9. The van der Waals surface area contributed by atoms with Crippen LogP contribution >= 0.6 is 0 Å². The number of carboxylic acids is 1. The zero-order valence-corrected chi connectivity index (χ0v) is 14.7. The van der Waals surface area contributed by atoms with Crippen LogP contribution in [0, 0.1) is 11.8 Å². The Kier molecular flexibility index (Phi) is 5.09. The van der Waals surface area contributed by atoms with Gasteiger partial charge >= 0.3 is 5.97 Å². The molecule has 3 N–H and O–H groups in total. The van der Waals surface area contributed by atoms with Crippen molar-refractivity contribution in [2.45, 2.75) is 13.5 Å². The fraction of sp³-hybridized carbons (Fsp3) is 0.500. The van der Waals surface area contributed by atoms with Gasteiger partial charge in [-0.3, -0.25) is 18.7 Å². The second-order valence-electron chi connectivity index (χ2n) is 5.88. The van der Waals surface area contributed by atoms with E-state index in [-0.39, 0.29) is 23.7 Å². The molecular formula is C16H21N7O3. The van der Waals surface area contributed by atoms with E-state index in [1.807, 2.05) is 0 Å². The molecule has 26 heavy (non-hydrogen) atoms. The van der Waals surface area contributed by atoms with Crippen LogP contribution in [-0.2, 0) is 18.4 Å². The maximum atomic E-state index is 12.9. The van der Waals surface area contributed by atoms with E-state index in [0.29, 0.717) is 18.0 Å². The molecule has 0 bridgehead atoms. The van der Waals surface area contributed by atoms with Crippen molar-refractivity contribution in [2.75, 3.05) is 42.9 Å². The first kappa shape index (κ1) is 17.8. The summed E-state index contributed by atoms with van der Waals surface area (Å²) in [5, 5.41) is 14.8. The molecule has 1 fully saturated rings. The smallest absolute Gasteiger partial charge is 0.322 e. The normalized spacial score (nSPS) is 14.2. The summed E-state index contributed by atoms with van der Waals surface area (Å²) in [6.45, 7) is 4.96. The maximum Gasteiger partial charge on any atom is 0.322 e. The Morgan fingerprint density at radius 1 is 1.35 bits per heavy atom. The van der Waals surface area contributed by atoms with Crippen LogP contribution < -0.4 is 21.1 Å². The Labute approximate surface area is 149 Å². The zero-order chi connectivity index (χ0) is 18.7. The number of nitrogens with one attached hydrogen (secondary N) is 2. The average molecular weight is 359 g/mol. The topological polar surface area (TPSA) is 117 Å². The van der Waals surface area contributed by atoms with Crippen LogP contribution in [-0.4, -0.2) is 62.9 Å². The molecule has 1 saturated heterocycles. The van der Waals surface area contributed by atoms with Crippen molar-refractivity contribution < 1.29 is 9.90 Å². The molecule has 0 radical (unpaired) electrons. The van der Waals surface area contributed by atoms with E-state index in [0.717, 1.165) is 26.2 Å². The lowest BCUT2D eigenvalue weighted by atomic mass is 10.4. The van der Waals surface area contributed by atoms with Crippen molar-refractivity contribution in [3.63, 3.8) is 0 Å². The molecule has 10 heteroatoms. The number of nitrogens with zero attached hydrogens (tertiary/aromatic N) is 5. The number of hydrogen-bond acceptors (Lipinski definition) is 7. The molecule has 2 aromatic rings. The Morgan fingerprint density at radius 2 is 2.08 bits per heavy atom. The molecule has 138 valence electrons. The van der Waals surface area contributed by atoms with Crippen molar-refractivity contribution >= 4 is 29.0 Å². The molecule has 1 aliphatic rings. The second-order valence-corrected chi connectivity index (χ2v) is 5.88. The summed E-state index contributed by atoms with van der Waals surface area (Å²) in [4.78, 5) is 34.7. The standard InChI is InChI=1S/C16H21N7O3/c1-3-4-7-23-12-13(20-16(23)22-8-5-17-6-9-22)19-15(18-10-11(24)25)21(2)14(12)26/h17H,5-10H2,1-2H3,(H,18,19)(H,24,25). The number of hydrogen-bond donors (Lipinski definition) is 3. The van der Waals surface area contributed by atoms with E-state index in [4.69, 9.17) is 5.11 Å². The number of fused-ring (bicyclic) bond motifs is 1. The quantitative estimate of drug-likeness (QED) is 0.586. The van der Waals surface area contributed by atoms with Gasteiger partial charge in [0, 0.05) is 33.2 Å². The number of aliphatic carboxylic acids is 1. The molecule has 0 spiro atoms. The van der Waals surface area contributed by atoms with Gasteiger partial charge in [0.2, 0.25) is 11.9 Å². The lowest BCUT2D eigenvalue weighted by Crippen LogP contribution is -2.44. The molecule has 10 nitrogen and oxygen atoms in total. The molecule has 0 amide bonds. The molecule has 0 unspecified atom stereocenters. The van der Waals surface area contributed by atoms with Gasteiger partial charge in [-0.2, -0.15) is 9.97 Å². The molecule has 0 aromatic carbocycles. The summed E-state index contributed by atoms with van der Waals surface area (Å²) in [7, 11) is 1.55. The van der Waals surface area contributed by atoms with Gasteiger partial charge in [0.05, 0.1) is 6.54 Å². The van der Waals surface area contributed by atoms with E-state index in [1.54, 1.807) is 18.5 Å². The first-order valence-electron chi connectivity index (χ1n) is 8.31. The van der Waals surface area contributed by atoms with Gasteiger partial charge in [0.25, 0.3) is 5.56 Å². The summed E-state index contributed by atoms with van der Waals surface area (Å²) in [6, 6.07) is 0. The summed E-state index contributed by atoms with van der Waals surface area (Å²) >= 11 is 0. The van der Waals surface area contributed by atoms with E-state index in [1.165, 1.54) is 4.57 Å². The highest BCUT2D eigenvalue weighted by atomic mass is 16.4. The van der Waals surface area contributed by atoms with Crippen molar-refractivity contribution in [3.8, 4) is 11.8 Å². The Hall–Kier alpha value is -3.06. The minimum absolute atomic E-state index is 0.169. The molecule has 0 aliphatic carbocycles. The van der Waals surface area contributed by atoms with Crippen LogP contribution in [0.5, 0.6) is 0 Å². The number of rotatable bonds is 5. The molecule has 3 rings (SSSR count). The van der Waals surface area contributed by atoms with Crippen LogP contribution in [0.15, 0.2) is 4.79 Å². The van der Waals surface area contributed by atoms with Crippen molar-refractivity contribution in [2.24, 2.45) is 7.05 Å². The fourth-order valence-corrected chi connectivity index (χ4v) is 2.88. The molecule has 0 saturated carbocycles. The Morgan fingerprint density at radius 3 is 2.73 bits per heavy atom. The third-order valence-electron chi connectivity index (χ3n) is 4.18. The second kappa shape index (κ2) is 7.45. The largest absolute Gasteiger partial charge is 0.480 e. The summed E-state index contributed by atoms with van der Waals surface area (Å²) in [5.41, 5.74) is 0.353. The SMILES string of the molecule is CC#CCn1c(N2CCNCC2)nc2nc(NCC(=O)O)n(C)c(=O)c21. The third-order valence-corrected chi connectivity index (χ3v) is 4.18. The molecular weight excluding hydrogens is 338 g/mol. The summed E-state index contributed by atoms with van der Waals surface area (Å²) in [6.07, 6.45) is 0. The first-order valence-corrected chi connectivity index (χ1v) is 8.31. The van der Waals surface area contributed by atoms with Crippen LogP contribution in [0.1, 0.15) is 6.92 Å². The van der Waals surface area contributed by atoms with E-state index < -0.39 is 5.97 Å². The molecule has 1 aliphatic heterocycles. The van der Waals surface area contributed by atoms with E-state index in [9.17, 15) is 9.59 Å². The number of carbonyl (C=O) groups is 1. The van der Waals surface area contributed by atoms with Gasteiger partial charge in [0.1, 0.15) is 6.54 Å². The molecule has 0 atom stereocenters. The predicted molar refractivity (Wildman–Crippen MR) is 97.4 cm³/mol. The van der Waals surface area contributed by atoms with Crippen molar-refractivity contribution in [1.29, 1.82) is 0 Å². The van der Waals surface area contributed by atoms with Crippen molar-refractivity contribution in [3.05, 3.63) is 10.4 Å². The number of aromatic nitrogens is 4. The number of carboxylic acid groups (broad SMARTS) is 1. The molecule has 3 heterocycles. The lowest BCUT2D eigenvalue weighted by molar-refractivity contribution is -0.134. The van der Waals surface area contributed by atoms with Gasteiger partial charge in [-0.05, 0) is 6.92 Å².